The van der Waals surface area contributed by atoms with Crippen molar-refractivity contribution in [3.63, 3.8) is 0 Å². The summed E-state index contributed by atoms with van der Waals surface area (Å²) >= 11 is 0. The summed E-state index contributed by atoms with van der Waals surface area (Å²) in [6, 6.07) is 7.25. The van der Waals surface area contributed by atoms with Gasteiger partial charge in [-0.1, -0.05) is 0 Å². The predicted molar refractivity (Wildman–Crippen MR) is 58.9 cm³/mol. The summed E-state index contributed by atoms with van der Waals surface area (Å²) in [6.45, 7) is 2.80. The minimum atomic E-state index is 0.0153. The Hall–Kier alpha value is -1.57. The van der Waals surface area contributed by atoms with E-state index in [0.717, 1.165) is 5.56 Å². The monoisotopic (exact) mass is 205 g/mol. The van der Waals surface area contributed by atoms with Gasteiger partial charge in [0.1, 0.15) is 0 Å². The second kappa shape index (κ2) is 5.35. The van der Waals surface area contributed by atoms with E-state index in [1.807, 2.05) is 13.0 Å². The smallest absolute Gasteiger partial charge is 0.0992 e. The predicted octanol–water partition coefficient (Wildman–Crippen LogP) is 1.00. The highest BCUT2D eigenvalue weighted by molar-refractivity contribution is 5.48. The van der Waals surface area contributed by atoms with Crippen LogP contribution >= 0.6 is 0 Å². The lowest BCUT2D eigenvalue weighted by atomic mass is 10.1. The van der Waals surface area contributed by atoms with Crippen molar-refractivity contribution in [3.8, 4) is 6.07 Å². The Labute approximate surface area is 89.4 Å². The number of hydrogen-bond donors (Lipinski definition) is 2. The molecule has 1 aromatic rings. The molecule has 1 rings (SSSR count). The zero-order valence-corrected chi connectivity index (χ0v) is 8.73. The number of ether oxygens (including phenoxy) is 1. The average Bonchev–Trinajstić information content (AvgIpc) is 2.16. The summed E-state index contributed by atoms with van der Waals surface area (Å²) in [7, 11) is 0. The first kappa shape index (κ1) is 11.5. The van der Waals surface area contributed by atoms with Crippen LogP contribution in [0.5, 0.6) is 0 Å². The van der Waals surface area contributed by atoms with Crippen LogP contribution in [-0.2, 0) is 11.3 Å². The van der Waals surface area contributed by atoms with E-state index >= 15 is 0 Å². The maximum Gasteiger partial charge on any atom is 0.0992 e. The molecular formula is C11H15N3O. The molecule has 0 saturated heterocycles. The minimum Gasteiger partial charge on any atom is -0.399 e. The van der Waals surface area contributed by atoms with Crippen LogP contribution < -0.4 is 11.5 Å². The van der Waals surface area contributed by atoms with Crippen molar-refractivity contribution in [2.24, 2.45) is 5.73 Å². The van der Waals surface area contributed by atoms with Gasteiger partial charge in [-0.3, -0.25) is 0 Å². The van der Waals surface area contributed by atoms with Crippen LogP contribution in [0.4, 0.5) is 5.69 Å². The van der Waals surface area contributed by atoms with E-state index in [-0.39, 0.29) is 6.04 Å². The fourth-order valence-electron chi connectivity index (χ4n) is 1.23. The lowest BCUT2D eigenvalue weighted by molar-refractivity contribution is 0.111. The molecule has 1 aromatic carbocycles. The molecule has 4 nitrogen and oxygen atoms in total. The molecule has 15 heavy (non-hydrogen) atoms. The van der Waals surface area contributed by atoms with Gasteiger partial charge in [0.25, 0.3) is 0 Å². The molecule has 0 saturated carbocycles. The number of hydrogen-bond acceptors (Lipinski definition) is 4. The third-order valence-electron chi connectivity index (χ3n) is 1.79. The zero-order valence-electron chi connectivity index (χ0n) is 8.73. The molecule has 0 bridgehead atoms. The summed E-state index contributed by atoms with van der Waals surface area (Å²) in [5.74, 6) is 0. The first-order valence-electron chi connectivity index (χ1n) is 4.74. The zero-order chi connectivity index (χ0) is 11.3. The summed E-state index contributed by atoms with van der Waals surface area (Å²) in [6.07, 6.45) is 0. The van der Waals surface area contributed by atoms with E-state index in [4.69, 9.17) is 21.5 Å². The van der Waals surface area contributed by atoms with Gasteiger partial charge >= 0.3 is 0 Å². The Morgan fingerprint density at radius 3 is 2.80 bits per heavy atom. The van der Waals surface area contributed by atoms with E-state index in [1.165, 1.54) is 0 Å². The van der Waals surface area contributed by atoms with Gasteiger partial charge in [0.2, 0.25) is 0 Å². The van der Waals surface area contributed by atoms with E-state index < -0.39 is 0 Å². The highest BCUT2D eigenvalue weighted by Crippen LogP contribution is 2.12. The molecule has 0 aliphatic carbocycles. The molecule has 1 atom stereocenters. The quantitative estimate of drug-likeness (QED) is 0.718. The van der Waals surface area contributed by atoms with Crippen LogP contribution in [0, 0.1) is 11.3 Å². The first-order chi connectivity index (χ1) is 7.11. The largest absolute Gasteiger partial charge is 0.399 e. The minimum absolute atomic E-state index is 0.0153. The fraction of sp³-hybridized carbons (Fsp3) is 0.364. The number of benzene rings is 1. The van der Waals surface area contributed by atoms with Crippen LogP contribution in [0.2, 0.25) is 0 Å². The van der Waals surface area contributed by atoms with Gasteiger partial charge in [0, 0.05) is 11.7 Å². The summed E-state index contributed by atoms with van der Waals surface area (Å²) < 4.78 is 5.35. The Bertz CT molecular complexity index is 369. The molecule has 0 radical (unpaired) electrons. The molecule has 0 amide bonds. The van der Waals surface area contributed by atoms with Gasteiger partial charge in [-0.05, 0) is 30.7 Å². The average molecular weight is 205 g/mol. The second-order valence-electron chi connectivity index (χ2n) is 3.57. The van der Waals surface area contributed by atoms with Crippen LogP contribution in [0.15, 0.2) is 18.2 Å². The third kappa shape index (κ3) is 3.98. The maximum absolute atomic E-state index is 8.73. The molecule has 0 aliphatic heterocycles. The Kier molecular flexibility index (Phi) is 4.10. The fourth-order valence-corrected chi connectivity index (χ4v) is 1.23. The van der Waals surface area contributed by atoms with Crippen molar-refractivity contribution in [2.45, 2.75) is 19.6 Å². The van der Waals surface area contributed by atoms with Crippen LogP contribution in [0.25, 0.3) is 0 Å². The Morgan fingerprint density at radius 2 is 2.20 bits per heavy atom. The molecule has 0 spiro atoms. The number of rotatable bonds is 4. The molecule has 0 fully saturated rings. The van der Waals surface area contributed by atoms with Crippen molar-refractivity contribution in [3.05, 3.63) is 29.3 Å². The van der Waals surface area contributed by atoms with Gasteiger partial charge < -0.3 is 16.2 Å². The van der Waals surface area contributed by atoms with Gasteiger partial charge in [-0.15, -0.1) is 0 Å². The van der Waals surface area contributed by atoms with E-state index in [2.05, 4.69) is 0 Å². The first-order valence-corrected chi connectivity index (χ1v) is 4.74. The third-order valence-corrected chi connectivity index (χ3v) is 1.79. The van der Waals surface area contributed by atoms with E-state index in [0.29, 0.717) is 24.5 Å². The number of nitrogen functional groups attached to an aromatic ring is 1. The SMILES string of the molecule is CC(N)COCc1cc(N)cc(C#N)c1. The van der Waals surface area contributed by atoms with Crippen molar-refractivity contribution in [2.75, 3.05) is 12.3 Å². The van der Waals surface area contributed by atoms with Gasteiger partial charge in [-0.2, -0.15) is 5.26 Å². The lowest BCUT2D eigenvalue weighted by Gasteiger charge is -2.07. The molecular weight excluding hydrogens is 190 g/mol. The van der Waals surface area contributed by atoms with Gasteiger partial charge in [0.15, 0.2) is 0 Å². The number of nitrogens with zero attached hydrogens (tertiary/aromatic N) is 1. The molecule has 4 N–H and O–H groups in total. The Morgan fingerprint density at radius 1 is 1.47 bits per heavy atom. The molecule has 1 unspecified atom stereocenters. The van der Waals surface area contributed by atoms with Crippen molar-refractivity contribution >= 4 is 5.69 Å². The standard InChI is InChI=1S/C11H15N3O/c1-8(13)6-15-7-10-2-9(5-12)3-11(14)4-10/h2-4,8H,6-7,13-14H2,1H3. The summed E-state index contributed by atoms with van der Waals surface area (Å²) in [5.41, 5.74) is 13.2. The molecule has 0 aliphatic rings. The van der Waals surface area contributed by atoms with E-state index in [1.54, 1.807) is 18.2 Å². The normalized spacial score (nSPS) is 12.1. The molecule has 0 aromatic heterocycles. The van der Waals surface area contributed by atoms with E-state index in [9.17, 15) is 0 Å². The van der Waals surface area contributed by atoms with Gasteiger partial charge in [0.05, 0.1) is 24.8 Å². The van der Waals surface area contributed by atoms with Crippen molar-refractivity contribution in [1.29, 1.82) is 5.26 Å². The van der Waals surface area contributed by atoms with Crippen molar-refractivity contribution < 1.29 is 4.74 Å². The van der Waals surface area contributed by atoms with Crippen LogP contribution in [-0.4, -0.2) is 12.6 Å². The highest BCUT2D eigenvalue weighted by Gasteiger charge is 2.00. The van der Waals surface area contributed by atoms with Crippen molar-refractivity contribution in [1.82, 2.24) is 0 Å². The number of nitriles is 1. The highest BCUT2D eigenvalue weighted by atomic mass is 16.5. The molecule has 4 heteroatoms. The van der Waals surface area contributed by atoms with Crippen LogP contribution in [0.1, 0.15) is 18.1 Å². The molecule has 0 heterocycles. The Balaban J connectivity index is 2.61. The number of anilines is 1. The topological polar surface area (TPSA) is 85.1 Å². The maximum atomic E-state index is 8.73. The number of nitrogens with two attached hydrogens (primary N) is 2. The van der Waals surface area contributed by atoms with Crippen LogP contribution in [0.3, 0.4) is 0 Å². The summed E-state index contributed by atoms with van der Waals surface area (Å²) in [4.78, 5) is 0. The lowest BCUT2D eigenvalue weighted by Crippen LogP contribution is -2.21. The van der Waals surface area contributed by atoms with Gasteiger partial charge in [-0.25, -0.2) is 0 Å². The second-order valence-corrected chi connectivity index (χ2v) is 3.57. The summed E-state index contributed by atoms with van der Waals surface area (Å²) in [5, 5.41) is 8.73. The molecule has 80 valence electrons.